The van der Waals surface area contributed by atoms with Crippen LogP contribution in [0, 0.1) is 11.6 Å². The Morgan fingerprint density at radius 2 is 2.17 bits per heavy atom. The highest BCUT2D eigenvalue weighted by atomic mass is 32.2. The summed E-state index contributed by atoms with van der Waals surface area (Å²) >= 11 is 0.798. The third-order valence-corrected chi connectivity index (χ3v) is 2.69. The van der Waals surface area contributed by atoms with Gasteiger partial charge in [-0.1, -0.05) is 11.8 Å². The number of aliphatic carboxylic acids is 1. The number of hydrogen-bond donors (Lipinski definition) is 1. The minimum Gasteiger partial charge on any atom is -0.481 e. The maximum absolute atomic E-state index is 13.4. The maximum atomic E-state index is 13.4. The monoisotopic (exact) mass is 272 g/mol. The van der Waals surface area contributed by atoms with Crippen LogP contribution < -0.4 is 0 Å². The molecule has 1 aromatic heterocycles. The van der Waals surface area contributed by atoms with E-state index in [1.165, 1.54) is 0 Å². The van der Waals surface area contributed by atoms with Crippen molar-refractivity contribution in [2.45, 2.75) is 5.22 Å². The number of benzene rings is 1. The zero-order valence-electron chi connectivity index (χ0n) is 8.76. The van der Waals surface area contributed by atoms with E-state index in [4.69, 9.17) is 9.52 Å². The fourth-order valence-electron chi connectivity index (χ4n) is 1.16. The number of aromatic nitrogens is 2. The van der Waals surface area contributed by atoms with Crippen LogP contribution in [-0.4, -0.2) is 27.0 Å². The van der Waals surface area contributed by atoms with Gasteiger partial charge in [0.15, 0.2) is 0 Å². The van der Waals surface area contributed by atoms with Crippen LogP contribution in [-0.2, 0) is 4.79 Å². The number of rotatable bonds is 4. The lowest BCUT2D eigenvalue weighted by atomic mass is 10.2. The smallest absolute Gasteiger partial charge is 0.314 e. The topological polar surface area (TPSA) is 76.2 Å². The molecule has 0 aliphatic rings. The van der Waals surface area contributed by atoms with Gasteiger partial charge < -0.3 is 9.52 Å². The Kier molecular flexibility index (Phi) is 3.56. The molecule has 0 aliphatic heterocycles. The summed E-state index contributed by atoms with van der Waals surface area (Å²) in [6.45, 7) is 0. The highest BCUT2D eigenvalue weighted by Gasteiger charge is 2.14. The third-order valence-electron chi connectivity index (χ3n) is 1.88. The number of thioether (sulfide) groups is 1. The molecule has 1 N–H and O–H groups in total. The van der Waals surface area contributed by atoms with Gasteiger partial charge in [0.1, 0.15) is 17.4 Å². The normalized spacial score (nSPS) is 10.6. The largest absolute Gasteiger partial charge is 0.481 e. The summed E-state index contributed by atoms with van der Waals surface area (Å²) < 4.78 is 31.4. The Bertz CT molecular complexity index is 588. The maximum Gasteiger partial charge on any atom is 0.314 e. The Hall–Kier alpha value is -1.96. The highest BCUT2D eigenvalue weighted by Crippen LogP contribution is 2.25. The van der Waals surface area contributed by atoms with E-state index in [2.05, 4.69) is 10.2 Å². The predicted molar refractivity (Wildman–Crippen MR) is 58.0 cm³/mol. The van der Waals surface area contributed by atoms with Gasteiger partial charge >= 0.3 is 5.97 Å². The molecule has 0 bridgehead atoms. The first kappa shape index (κ1) is 12.5. The van der Waals surface area contributed by atoms with Crippen molar-refractivity contribution in [2.75, 3.05) is 5.75 Å². The first-order valence-electron chi connectivity index (χ1n) is 4.70. The number of hydrogen-bond acceptors (Lipinski definition) is 5. The molecule has 1 aromatic carbocycles. The molecule has 8 heteroatoms. The van der Waals surface area contributed by atoms with E-state index in [1.54, 1.807) is 0 Å². The lowest BCUT2D eigenvalue weighted by Gasteiger charge is -1.97. The van der Waals surface area contributed by atoms with Gasteiger partial charge in [-0.05, 0) is 18.2 Å². The number of carboxylic acids is 1. The SMILES string of the molecule is O=C(O)CSc1nnc(-c2cc(F)ccc2F)o1. The van der Waals surface area contributed by atoms with Crippen LogP contribution in [0.25, 0.3) is 11.5 Å². The molecule has 2 aromatic rings. The zero-order chi connectivity index (χ0) is 13.1. The fraction of sp³-hybridized carbons (Fsp3) is 0.100. The molecule has 94 valence electrons. The Morgan fingerprint density at radius 1 is 1.39 bits per heavy atom. The second-order valence-electron chi connectivity index (χ2n) is 3.18. The summed E-state index contributed by atoms with van der Waals surface area (Å²) in [5.41, 5.74) is -0.162. The van der Waals surface area contributed by atoms with E-state index in [-0.39, 0.29) is 22.4 Å². The van der Waals surface area contributed by atoms with E-state index >= 15 is 0 Å². The van der Waals surface area contributed by atoms with Crippen LogP contribution in [0.5, 0.6) is 0 Å². The van der Waals surface area contributed by atoms with Crippen molar-refractivity contribution in [2.24, 2.45) is 0 Å². The van der Waals surface area contributed by atoms with Crippen LogP contribution >= 0.6 is 11.8 Å². The van der Waals surface area contributed by atoms with Crippen molar-refractivity contribution in [3.8, 4) is 11.5 Å². The highest BCUT2D eigenvalue weighted by molar-refractivity contribution is 7.99. The standard InChI is InChI=1S/C10H6F2N2O3S/c11-5-1-2-7(12)6(3-5)9-13-14-10(17-9)18-4-8(15)16/h1-3H,4H2,(H,15,16). The summed E-state index contributed by atoms with van der Waals surface area (Å²) in [7, 11) is 0. The van der Waals surface area contributed by atoms with Gasteiger partial charge in [-0.3, -0.25) is 4.79 Å². The van der Waals surface area contributed by atoms with Gasteiger partial charge in [0, 0.05) is 0 Å². The summed E-state index contributed by atoms with van der Waals surface area (Å²) in [6.07, 6.45) is 0. The quantitative estimate of drug-likeness (QED) is 0.860. The van der Waals surface area contributed by atoms with Crippen LogP contribution in [0.15, 0.2) is 27.8 Å². The second-order valence-corrected chi connectivity index (χ2v) is 4.11. The first-order chi connectivity index (χ1) is 8.56. The summed E-state index contributed by atoms with van der Waals surface area (Å²) in [5, 5.41) is 15.5. The third kappa shape index (κ3) is 2.83. The molecule has 1 heterocycles. The molecule has 0 unspecified atom stereocenters. The van der Waals surface area contributed by atoms with Crippen molar-refractivity contribution in [1.82, 2.24) is 10.2 Å². The van der Waals surface area contributed by atoms with Gasteiger partial charge in [0.05, 0.1) is 5.56 Å². The van der Waals surface area contributed by atoms with E-state index < -0.39 is 17.6 Å². The van der Waals surface area contributed by atoms with E-state index in [0.29, 0.717) is 0 Å². The summed E-state index contributed by atoms with van der Waals surface area (Å²) in [5.74, 6) is -2.83. The lowest BCUT2D eigenvalue weighted by molar-refractivity contribution is -0.133. The number of nitrogens with zero attached hydrogens (tertiary/aromatic N) is 2. The number of halogens is 2. The number of carbonyl (C=O) groups is 1. The van der Waals surface area contributed by atoms with Crippen LogP contribution in [0.2, 0.25) is 0 Å². The molecule has 0 atom stereocenters. The average Bonchev–Trinajstić information content (AvgIpc) is 2.78. The number of carboxylic acid groups (broad SMARTS) is 1. The Morgan fingerprint density at radius 3 is 2.89 bits per heavy atom. The molecular formula is C10H6F2N2O3S. The molecule has 0 amide bonds. The minimum absolute atomic E-state index is 0.0175. The van der Waals surface area contributed by atoms with Gasteiger partial charge in [0.25, 0.3) is 11.1 Å². The predicted octanol–water partition coefficient (Wildman–Crippen LogP) is 2.19. The molecule has 0 spiro atoms. The summed E-state index contributed by atoms with van der Waals surface area (Å²) in [6, 6.07) is 2.84. The molecule has 18 heavy (non-hydrogen) atoms. The first-order valence-corrected chi connectivity index (χ1v) is 5.68. The van der Waals surface area contributed by atoms with Gasteiger partial charge in [-0.25, -0.2) is 8.78 Å². The van der Waals surface area contributed by atoms with Crippen molar-refractivity contribution >= 4 is 17.7 Å². The molecular weight excluding hydrogens is 266 g/mol. The van der Waals surface area contributed by atoms with Crippen molar-refractivity contribution in [1.29, 1.82) is 0 Å². The molecule has 0 saturated carbocycles. The van der Waals surface area contributed by atoms with Crippen molar-refractivity contribution < 1.29 is 23.1 Å². The molecule has 0 radical (unpaired) electrons. The van der Waals surface area contributed by atoms with Gasteiger partial charge in [-0.2, -0.15) is 0 Å². The van der Waals surface area contributed by atoms with Crippen molar-refractivity contribution in [3.05, 3.63) is 29.8 Å². The lowest BCUT2D eigenvalue weighted by Crippen LogP contribution is -1.97. The minimum atomic E-state index is -1.04. The molecule has 0 fully saturated rings. The van der Waals surface area contributed by atoms with Crippen LogP contribution in [0.1, 0.15) is 0 Å². The zero-order valence-corrected chi connectivity index (χ0v) is 9.58. The molecule has 0 saturated heterocycles. The Balaban J connectivity index is 2.23. The second kappa shape index (κ2) is 5.13. The van der Waals surface area contributed by atoms with E-state index in [9.17, 15) is 13.6 Å². The van der Waals surface area contributed by atoms with E-state index in [1.807, 2.05) is 0 Å². The Labute approximate surface area is 104 Å². The molecule has 5 nitrogen and oxygen atoms in total. The summed E-state index contributed by atoms with van der Waals surface area (Å²) in [4.78, 5) is 10.3. The van der Waals surface area contributed by atoms with E-state index in [0.717, 1.165) is 30.0 Å². The van der Waals surface area contributed by atoms with Crippen LogP contribution in [0.3, 0.4) is 0 Å². The van der Waals surface area contributed by atoms with Gasteiger partial charge in [0.2, 0.25) is 0 Å². The van der Waals surface area contributed by atoms with Crippen LogP contribution in [0.4, 0.5) is 8.78 Å². The fourth-order valence-corrected chi connectivity index (χ4v) is 1.65. The van der Waals surface area contributed by atoms with Crippen molar-refractivity contribution in [3.63, 3.8) is 0 Å². The van der Waals surface area contributed by atoms with Gasteiger partial charge in [-0.15, -0.1) is 10.2 Å². The average molecular weight is 272 g/mol. The molecule has 0 aliphatic carbocycles. The molecule has 2 rings (SSSR count).